The highest BCUT2D eigenvalue weighted by atomic mass is 32.1. The van der Waals surface area contributed by atoms with Crippen LogP contribution in [0.2, 0.25) is 0 Å². The molecule has 1 aliphatic heterocycles. The van der Waals surface area contributed by atoms with Crippen LogP contribution in [0.4, 0.5) is 0 Å². The molecule has 0 radical (unpaired) electrons. The Hall–Kier alpha value is -2.34. The van der Waals surface area contributed by atoms with Crippen LogP contribution in [0.3, 0.4) is 0 Å². The van der Waals surface area contributed by atoms with E-state index in [1.54, 1.807) is 36.6 Å². The lowest BCUT2D eigenvalue weighted by Gasteiger charge is -2.32. The van der Waals surface area contributed by atoms with E-state index in [-0.39, 0.29) is 17.9 Å². The van der Waals surface area contributed by atoms with Gasteiger partial charge >= 0.3 is 0 Å². The number of benzene rings is 1. The van der Waals surface area contributed by atoms with E-state index in [0.717, 1.165) is 17.7 Å². The third kappa shape index (κ3) is 4.60. The number of carbonyl (C=O) groups is 2. The van der Waals surface area contributed by atoms with E-state index in [0.29, 0.717) is 30.8 Å². The fourth-order valence-electron chi connectivity index (χ4n) is 2.98. The van der Waals surface area contributed by atoms with Gasteiger partial charge in [0.25, 0.3) is 5.91 Å². The average Bonchev–Trinajstić information content (AvgIpc) is 3.15. The smallest absolute Gasteiger partial charge is 0.251 e. The molecule has 2 amide bonds. The second-order valence-electron chi connectivity index (χ2n) is 6.12. The van der Waals surface area contributed by atoms with Crippen molar-refractivity contribution in [3.63, 3.8) is 0 Å². The third-order valence-corrected chi connectivity index (χ3v) is 5.30. The van der Waals surface area contributed by atoms with Crippen LogP contribution < -0.4 is 10.1 Å². The molecule has 1 aromatic heterocycles. The molecule has 1 N–H and O–H groups in total. The molecule has 3 rings (SSSR count). The molecular weight excluding hydrogens is 336 g/mol. The van der Waals surface area contributed by atoms with Gasteiger partial charge in [0.15, 0.2) is 0 Å². The van der Waals surface area contributed by atoms with Crippen molar-refractivity contribution in [1.82, 2.24) is 10.2 Å². The van der Waals surface area contributed by atoms with E-state index in [9.17, 15) is 9.59 Å². The lowest BCUT2D eigenvalue weighted by molar-refractivity contribution is -0.131. The van der Waals surface area contributed by atoms with Crippen LogP contribution in [0, 0.1) is 0 Å². The minimum atomic E-state index is -0.0951. The van der Waals surface area contributed by atoms with Crippen molar-refractivity contribution in [2.75, 3.05) is 20.2 Å². The molecule has 25 heavy (non-hydrogen) atoms. The van der Waals surface area contributed by atoms with Crippen LogP contribution in [0.1, 0.15) is 28.1 Å². The largest absolute Gasteiger partial charge is 0.497 e. The van der Waals surface area contributed by atoms with Gasteiger partial charge in [0.1, 0.15) is 5.75 Å². The summed E-state index contributed by atoms with van der Waals surface area (Å²) in [5.41, 5.74) is 0.593. The number of piperidine rings is 1. The second-order valence-corrected chi connectivity index (χ2v) is 7.15. The van der Waals surface area contributed by atoms with Gasteiger partial charge in [0.2, 0.25) is 5.91 Å². The van der Waals surface area contributed by atoms with Crippen LogP contribution in [-0.4, -0.2) is 43.0 Å². The van der Waals surface area contributed by atoms with Gasteiger partial charge in [-0.2, -0.15) is 0 Å². The van der Waals surface area contributed by atoms with Crippen molar-refractivity contribution in [1.29, 1.82) is 0 Å². The van der Waals surface area contributed by atoms with E-state index >= 15 is 0 Å². The summed E-state index contributed by atoms with van der Waals surface area (Å²) in [6.45, 7) is 1.38. The first-order valence-corrected chi connectivity index (χ1v) is 9.29. The van der Waals surface area contributed by atoms with Gasteiger partial charge in [-0.1, -0.05) is 12.1 Å². The number of hydrogen-bond donors (Lipinski definition) is 1. The Kier molecular flexibility index (Phi) is 5.71. The molecule has 0 aliphatic carbocycles. The van der Waals surface area contributed by atoms with Gasteiger partial charge in [-0.3, -0.25) is 9.59 Å². The SMILES string of the molecule is COc1cccc(C(=O)NC2CCN(C(=O)Cc3cccs3)CC2)c1. The van der Waals surface area contributed by atoms with Gasteiger partial charge in [0, 0.05) is 29.6 Å². The van der Waals surface area contributed by atoms with Crippen LogP contribution >= 0.6 is 11.3 Å². The Morgan fingerprint density at radius 3 is 2.72 bits per heavy atom. The normalized spacial score (nSPS) is 15.0. The maximum absolute atomic E-state index is 12.4. The lowest BCUT2D eigenvalue weighted by atomic mass is 10.0. The average molecular weight is 358 g/mol. The Labute approximate surface area is 151 Å². The predicted molar refractivity (Wildman–Crippen MR) is 98.1 cm³/mol. The number of nitrogens with one attached hydrogen (secondary N) is 1. The monoisotopic (exact) mass is 358 g/mol. The Bertz CT molecular complexity index is 722. The van der Waals surface area contributed by atoms with Gasteiger partial charge in [0.05, 0.1) is 13.5 Å². The van der Waals surface area contributed by atoms with Crippen LogP contribution in [-0.2, 0) is 11.2 Å². The minimum Gasteiger partial charge on any atom is -0.497 e. The summed E-state index contributed by atoms with van der Waals surface area (Å²) in [4.78, 5) is 27.7. The first-order valence-electron chi connectivity index (χ1n) is 8.41. The molecule has 0 unspecified atom stereocenters. The number of hydrogen-bond acceptors (Lipinski definition) is 4. The number of likely N-dealkylation sites (tertiary alicyclic amines) is 1. The van der Waals surface area contributed by atoms with E-state index in [2.05, 4.69) is 5.32 Å². The summed E-state index contributed by atoms with van der Waals surface area (Å²) in [5, 5.41) is 5.05. The minimum absolute atomic E-state index is 0.0951. The second kappa shape index (κ2) is 8.16. The molecule has 0 spiro atoms. The maximum Gasteiger partial charge on any atom is 0.251 e. The number of thiophene rings is 1. The third-order valence-electron chi connectivity index (χ3n) is 4.42. The fourth-order valence-corrected chi connectivity index (χ4v) is 3.68. The van der Waals surface area contributed by atoms with Crippen molar-refractivity contribution >= 4 is 23.2 Å². The zero-order valence-corrected chi connectivity index (χ0v) is 15.1. The highest BCUT2D eigenvalue weighted by Gasteiger charge is 2.24. The predicted octanol–water partition coefficient (Wildman–Crippen LogP) is 2.72. The summed E-state index contributed by atoms with van der Waals surface area (Å²) in [5.74, 6) is 0.740. The van der Waals surface area contributed by atoms with Crippen molar-refractivity contribution in [3.8, 4) is 5.75 Å². The van der Waals surface area contributed by atoms with Gasteiger partial charge in [-0.15, -0.1) is 11.3 Å². The Morgan fingerprint density at radius 1 is 1.24 bits per heavy atom. The topological polar surface area (TPSA) is 58.6 Å². The Balaban J connectivity index is 1.48. The number of carbonyl (C=O) groups excluding carboxylic acids is 2. The number of methoxy groups -OCH3 is 1. The summed E-state index contributed by atoms with van der Waals surface area (Å²) in [6.07, 6.45) is 2.04. The highest BCUT2D eigenvalue weighted by molar-refractivity contribution is 7.10. The maximum atomic E-state index is 12.4. The number of amides is 2. The first-order chi connectivity index (χ1) is 12.2. The zero-order chi connectivity index (χ0) is 17.6. The van der Waals surface area contributed by atoms with Crippen LogP contribution in [0.25, 0.3) is 0 Å². The van der Waals surface area contributed by atoms with Crippen molar-refractivity contribution in [2.45, 2.75) is 25.3 Å². The first kappa shape index (κ1) is 17.5. The molecule has 0 bridgehead atoms. The van der Waals surface area contributed by atoms with Crippen molar-refractivity contribution in [2.24, 2.45) is 0 Å². The molecule has 1 fully saturated rings. The molecule has 0 atom stereocenters. The van der Waals surface area contributed by atoms with Crippen molar-refractivity contribution < 1.29 is 14.3 Å². The zero-order valence-electron chi connectivity index (χ0n) is 14.2. The van der Waals surface area contributed by atoms with Gasteiger partial charge in [-0.25, -0.2) is 0 Å². The highest BCUT2D eigenvalue weighted by Crippen LogP contribution is 2.16. The van der Waals surface area contributed by atoms with Gasteiger partial charge in [-0.05, 0) is 42.5 Å². The summed E-state index contributed by atoms with van der Waals surface area (Å²) < 4.78 is 5.16. The lowest BCUT2D eigenvalue weighted by Crippen LogP contribution is -2.46. The fraction of sp³-hybridized carbons (Fsp3) is 0.368. The molecule has 0 saturated carbocycles. The molecular formula is C19H22N2O3S. The molecule has 5 nitrogen and oxygen atoms in total. The summed E-state index contributed by atoms with van der Waals surface area (Å²) >= 11 is 1.61. The quantitative estimate of drug-likeness (QED) is 0.894. The Morgan fingerprint density at radius 2 is 2.04 bits per heavy atom. The molecule has 1 aliphatic rings. The van der Waals surface area contributed by atoms with E-state index in [1.807, 2.05) is 28.5 Å². The number of ether oxygens (including phenoxy) is 1. The van der Waals surface area contributed by atoms with Gasteiger partial charge < -0.3 is 15.0 Å². The summed E-state index contributed by atoms with van der Waals surface area (Å²) in [7, 11) is 1.58. The van der Waals surface area contributed by atoms with E-state index in [1.165, 1.54) is 0 Å². The molecule has 2 heterocycles. The van der Waals surface area contributed by atoms with Crippen LogP contribution in [0.5, 0.6) is 5.75 Å². The molecule has 6 heteroatoms. The molecule has 2 aromatic rings. The standard InChI is InChI=1S/C19H22N2O3S/c1-24-16-5-2-4-14(12-16)19(23)20-15-7-9-21(10-8-15)18(22)13-17-6-3-11-25-17/h2-6,11-12,15H,7-10,13H2,1H3,(H,20,23). The molecule has 132 valence electrons. The molecule has 1 saturated heterocycles. The summed E-state index contributed by atoms with van der Waals surface area (Å²) in [6, 6.07) is 11.2. The van der Waals surface area contributed by atoms with Crippen molar-refractivity contribution in [3.05, 3.63) is 52.2 Å². The van der Waals surface area contributed by atoms with E-state index < -0.39 is 0 Å². The number of nitrogens with zero attached hydrogens (tertiary/aromatic N) is 1. The van der Waals surface area contributed by atoms with E-state index in [4.69, 9.17) is 4.74 Å². The number of rotatable bonds is 5. The van der Waals surface area contributed by atoms with Crippen LogP contribution in [0.15, 0.2) is 41.8 Å². The molecule has 1 aromatic carbocycles.